The van der Waals surface area contributed by atoms with Crippen molar-refractivity contribution in [2.24, 2.45) is 0 Å². The minimum absolute atomic E-state index is 0.0147. The van der Waals surface area contributed by atoms with E-state index in [9.17, 15) is 17.6 Å². The molecule has 1 aromatic carbocycles. The molecule has 0 radical (unpaired) electrons. The summed E-state index contributed by atoms with van der Waals surface area (Å²) in [5.41, 5.74) is 0.439. The third-order valence-electron chi connectivity index (χ3n) is 4.65. The van der Waals surface area contributed by atoms with Crippen molar-refractivity contribution in [3.8, 4) is 5.69 Å². The average Bonchev–Trinajstić information content (AvgIpc) is 3.09. The Morgan fingerprint density at radius 1 is 1.36 bits per heavy atom. The minimum Gasteiger partial charge on any atom is -0.322 e. The van der Waals surface area contributed by atoms with Crippen molar-refractivity contribution in [2.75, 3.05) is 17.6 Å². The highest BCUT2D eigenvalue weighted by molar-refractivity contribution is 7.89. The summed E-state index contributed by atoms with van der Waals surface area (Å²) in [6, 6.07) is 3.28. The van der Waals surface area contributed by atoms with E-state index < -0.39 is 27.8 Å². The van der Waals surface area contributed by atoms with Crippen LogP contribution in [0.15, 0.2) is 18.2 Å². The zero-order valence-corrected chi connectivity index (χ0v) is 16.6. The second-order valence-electron chi connectivity index (χ2n) is 6.73. The molecular formula is C17H23FN6O3S. The van der Waals surface area contributed by atoms with Gasteiger partial charge in [0.15, 0.2) is 5.82 Å². The molecule has 1 amide bonds. The summed E-state index contributed by atoms with van der Waals surface area (Å²) in [6.45, 7) is 3.77. The number of amides is 1. The zero-order chi connectivity index (χ0) is 20.3. The largest absolute Gasteiger partial charge is 0.322 e. The molecule has 2 heterocycles. The number of benzene rings is 1. The fourth-order valence-corrected chi connectivity index (χ4v) is 5.05. The summed E-state index contributed by atoms with van der Waals surface area (Å²) in [5, 5.41) is 13.7. The number of aryl methyl sites for hydroxylation is 1. The molecule has 0 aliphatic carbocycles. The van der Waals surface area contributed by atoms with E-state index in [0.717, 1.165) is 6.42 Å². The van der Waals surface area contributed by atoms with E-state index in [-0.39, 0.29) is 11.4 Å². The second kappa shape index (κ2) is 8.31. The maximum Gasteiger partial charge on any atom is 0.242 e. The molecule has 1 unspecified atom stereocenters. The van der Waals surface area contributed by atoms with Crippen LogP contribution in [0.1, 0.15) is 38.4 Å². The number of nitrogens with one attached hydrogen (secondary N) is 1. The smallest absolute Gasteiger partial charge is 0.242 e. The number of rotatable bonds is 6. The monoisotopic (exact) mass is 410 g/mol. The maximum atomic E-state index is 14.3. The average molecular weight is 410 g/mol. The van der Waals surface area contributed by atoms with Gasteiger partial charge in [0.2, 0.25) is 15.9 Å². The van der Waals surface area contributed by atoms with Gasteiger partial charge in [-0.1, -0.05) is 13.3 Å². The van der Waals surface area contributed by atoms with Gasteiger partial charge < -0.3 is 5.32 Å². The third-order valence-corrected chi connectivity index (χ3v) is 6.73. The van der Waals surface area contributed by atoms with Gasteiger partial charge in [0.05, 0.1) is 17.1 Å². The van der Waals surface area contributed by atoms with Gasteiger partial charge in [0.1, 0.15) is 11.9 Å². The molecule has 152 valence electrons. The normalized spacial score (nSPS) is 18.2. The first-order chi connectivity index (χ1) is 13.3. The molecule has 9 nitrogen and oxygen atoms in total. The molecular weight excluding hydrogens is 387 g/mol. The van der Waals surface area contributed by atoms with Crippen LogP contribution in [0.25, 0.3) is 5.69 Å². The summed E-state index contributed by atoms with van der Waals surface area (Å²) < 4.78 is 42.0. The lowest BCUT2D eigenvalue weighted by Crippen LogP contribution is -2.50. The highest BCUT2D eigenvalue weighted by atomic mass is 32.2. The molecule has 1 atom stereocenters. The van der Waals surface area contributed by atoms with Crippen molar-refractivity contribution >= 4 is 21.6 Å². The SMILES string of the molecule is CCCS(=O)(=O)N1CCCCC1C(=O)Nc1cc(-n2nnnc2C)ccc1F. The van der Waals surface area contributed by atoms with E-state index in [2.05, 4.69) is 20.8 Å². The Balaban J connectivity index is 1.84. The number of tetrazole rings is 1. The number of aromatic nitrogens is 4. The van der Waals surface area contributed by atoms with E-state index in [1.165, 1.54) is 27.2 Å². The predicted octanol–water partition coefficient (Wildman–Crippen LogP) is 1.64. The molecule has 1 N–H and O–H groups in total. The van der Waals surface area contributed by atoms with Gasteiger partial charge in [-0.2, -0.15) is 8.99 Å². The number of carbonyl (C=O) groups is 1. The Kier molecular flexibility index (Phi) is 6.04. The van der Waals surface area contributed by atoms with Crippen LogP contribution in [0.2, 0.25) is 0 Å². The van der Waals surface area contributed by atoms with Crippen LogP contribution < -0.4 is 5.32 Å². The fourth-order valence-electron chi connectivity index (χ4n) is 3.30. The molecule has 1 saturated heterocycles. The number of nitrogens with zero attached hydrogens (tertiary/aromatic N) is 5. The van der Waals surface area contributed by atoms with Crippen molar-refractivity contribution in [2.45, 2.75) is 45.6 Å². The number of halogens is 1. The van der Waals surface area contributed by atoms with E-state index in [1.54, 1.807) is 13.8 Å². The zero-order valence-electron chi connectivity index (χ0n) is 15.8. The van der Waals surface area contributed by atoms with E-state index in [1.807, 2.05) is 0 Å². The molecule has 11 heteroatoms. The molecule has 0 bridgehead atoms. The molecule has 0 spiro atoms. The molecule has 2 aromatic rings. The molecule has 1 fully saturated rings. The van der Waals surface area contributed by atoms with Gasteiger partial charge >= 0.3 is 0 Å². The van der Waals surface area contributed by atoms with Crippen LogP contribution in [-0.4, -0.2) is 57.2 Å². The maximum absolute atomic E-state index is 14.3. The lowest BCUT2D eigenvalue weighted by molar-refractivity contribution is -0.120. The van der Waals surface area contributed by atoms with Gasteiger partial charge in [-0.05, 0) is 54.8 Å². The Morgan fingerprint density at radius 3 is 2.82 bits per heavy atom. The third kappa shape index (κ3) is 4.20. The van der Waals surface area contributed by atoms with Crippen molar-refractivity contribution in [1.29, 1.82) is 0 Å². The first-order valence-electron chi connectivity index (χ1n) is 9.19. The number of hydrogen-bond acceptors (Lipinski definition) is 6. The van der Waals surface area contributed by atoms with Crippen molar-refractivity contribution in [3.05, 3.63) is 29.8 Å². The molecule has 1 aliphatic rings. The number of hydrogen-bond donors (Lipinski definition) is 1. The highest BCUT2D eigenvalue weighted by Gasteiger charge is 2.36. The fraction of sp³-hybridized carbons (Fsp3) is 0.529. The van der Waals surface area contributed by atoms with Gasteiger partial charge in [-0.3, -0.25) is 4.79 Å². The minimum atomic E-state index is -3.53. The van der Waals surface area contributed by atoms with E-state index in [4.69, 9.17) is 0 Å². The molecule has 3 rings (SSSR count). The van der Waals surface area contributed by atoms with Crippen LogP contribution >= 0.6 is 0 Å². The Bertz CT molecular complexity index is 962. The standard InChI is InChI=1S/C17H23FN6O3S/c1-3-10-28(26,27)23-9-5-4-6-16(23)17(25)19-15-11-13(7-8-14(15)18)24-12(2)20-21-22-24/h7-8,11,16H,3-6,9-10H2,1-2H3,(H,19,25). The summed E-state index contributed by atoms with van der Waals surface area (Å²) >= 11 is 0. The summed E-state index contributed by atoms with van der Waals surface area (Å²) in [7, 11) is -3.53. The number of sulfonamides is 1. The van der Waals surface area contributed by atoms with Gasteiger partial charge in [-0.25, -0.2) is 12.8 Å². The summed E-state index contributed by atoms with van der Waals surface area (Å²) in [5.74, 6) is -0.669. The topological polar surface area (TPSA) is 110 Å². The molecule has 1 aliphatic heterocycles. The van der Waals surface area contributed by atoms with Gasteiger partial charge in [0, 0.05) is 6.54 Å². The van der Waals surface area contributed by atoms with Gasteiger partial charge in [-0.15, -0.1) is 5.10 Å². The first-order valence-corrected chi connectivity index (χ1v) is 10.8. The Labute approximate surface area is 163 Å². The summed E-state index contributed by atoms with van der Waals surface area (Å²) in [4.78, 5) is 12.8. The number of carbonyl (C=O) groups excluding carboxylic acids is 1. The van der Waals surface area contributed by atoms with Gasteiger partial charge in [0.25, 0.3) is 0 Å². The molecule has 28 heavy (non-hydrogen) atoms. The highest BCUT2D eigenvalue weighted by Crippen LogP contribution is 2.24. The van der Waals surface area contributed by atoms with Crippen LogP contribution in [-0.2, 0) is 14.8 Å². The predicted molar refractivity (Wildman–Crippen MR) is 101 cm³/mol. The molecule has 1 aromatic heterocycles. The molecule has 0 saturated carbocycles. The van der Waals surface area contributed by atoms with Crippen LogP contribution in [0, 0.1) is 12.7 Å². The van der Waals surface area contributed by atoms with Crippen LogP contribution in [0.4, 0.5) is 10.1 Å². The van der Waals surface area contributed by atoms with Crippen molar-refractivity contribution < 1.29 is 17.6 Å². The van der Waals surface area contributed by atoms with Crippen molar-refractivity contribution in [3.63, 3.8) is 0 Å². The lowest BCUT2D eigenvalue weighted by atomic mass is 10.0. The second-order valence-corrected chi connectivity index (χ2v) is 8.77. The quantitative estimate of drug-likeness (QED) is 0.775. The van der Waals surface area contributed by atoms with Crippen LogP contribution in [0.5, 0.6) is 0 Å². The Morgan fingerprint density at radius 2 is 2.14 bits per heavy atom. The first kappa shape index (κ1) is 20.3. The van der Waals surface area contributed by atoms with E-state index in [0.29, 0.717) is 37.3 Å². The van der Waals surface area contributed by atoms with E-state index >= 15 is 0 Å². The number of anilines is 1. The lowest BCUT2D eigenvalue weighted by Gasteiger charge is -2.33. The number of piperidine rings is 1. The van der Waals surface area contributed by atoms with Crippen LogP contribution in [0.3, 0.4) is 0 Å². The Hall–Kier alpha value is -2.40. The van der Waals surface area contributed by atoms with Crippen molar-refractivity contribution in [1.82, 2.24) is 24.5 Å². The summed E-state index contributed by atoms with van der Waals surface area (Å²) in [6.07, 6.45) is 2.31.